The molecule has 0 unspecified atom stereocenters. The number of aromatic nitrogens is 2. The van der Waals surface area contributed by atoms with Crippen molar-refractivity contribution in [2.75, 3.05) is 74.3 Å². The zero-order valence-corrected chi connectivity index (χ0v) is 26.1. The third-order valence-electron chi connectivity index (χ3n) is 8.24. The number of hydrogen-bond acceptors (Lipinski definition) is 9. The molecule has 12 heteroatoms. The molecule has 0 radical (unpaired) electrons. The number of nitrogens with two attached hydrogens (primary N) is 1. The van der Waals surface area contributed by atoms with Crippen LogP contribution in [0.15, 0.2) is 60.8 Å². The van der Waals surface area contributed by atoms with Gasteiger partial charge in [0.15, 0.2) is 0 Å². The minimum Gasteiger partial charge on any atom is -0.399 e. The van der Waals surface area contributed by atoms with Gasteiger partial charge in [-0.25, -0.2) is 4.98 Å². The number of hydrogen-bond donors (Lipinski definition) is 3. The molecule has 0 spiro atoms. The molecule has 2 fully saturated rings. The Kier molecular flexibility index (Phi) is 8.78. The summed E-state index contributed by atoms with van der Waals surface area (Å²) in [5, 5.41) is 13.1. The lowest BCUT2D eigenvalue weighted by Crippen LogP contribution is -2.51. The number of aliphatic hydroxyl groups excluding tert-OH is 1. The Morgan fingerprint density at radius 2 is 1.63 bits per heavy atom. The number of pyridine rings is 2. The van der Waals surface area contributed by atoms with Gasteiger partial charge in [-0.1, -0.05) is 12.1 Å². The van der Waals surface area contributed by atoms with Crippen LogP contribution in [-0.2, 0) is 17.5 Å². The monoisotopic (exact) mass is 633 g/mol. The van der Waals surface area contributed by atoms with Crippen molar-refractivity contribution < 1.29 is 23.0 Å². The second-order valence-electron chi connectivity index (χ2n) is 12.1. The molecule has 9 nitrogen and oxygen atoms in total. The van der Waals surface area contributed by atoms with E-state index in [1.807, 2.05) is 49.0 Å². The molecule has 0 amide bonds. The van der Waals surface area contributed by atoms with Gasteiger partial charge >= 0.3 is 6.18 Å². The first-order valence-corrected chi connectivity index (χ1v) is 15.2. The van der Waals surface area contributed by atoms with Crippen molar-refractivity contribution in [2.45, 2.75) is 25.7 Å². The molecule has 242 valence electrons. The number of anilines is 5. The van der Waals surface area contributed by atoms with Gasteiger partial charge in [-0.05, 0) is 85.7 Å². The number of rotatable bonds is 8. The number of nitrogens with one attached hydrogen (secondary N) is 1. The summed E-state index contributed by atoms with van der Waals surface area (Å²) in [6.07, 6.45) is -3.47. The summed E-state index contributed by atoms with van der Waals surface area (Å²) >= 11 is 0. The molecule has 4 aromatic rings. The summed E-state index contributed by atoms with van der Waals surface area (Å²) in [4.78, 5) is 15.5. The highest BCUT2D eigenvalue weighted by Gasteiger charge is 2.36. The first-order chi connectivity index (χ1) is 21.9. The molecule has 4 heterocycles. The topological polar surface area (TPSA) is 103 Å². The Labute approximate surface area is 266 Å². The van der Waals surface area contributed by atoms with Gasteiger partial charge in [-0.2, -0.15) is 13.2 Å². The highest BCUT2D eigenvalue weighted by molar-refractivity contribution is 5.79. The van der Waals surface area contributed by atoms with E-state index in [0.717, 1.165) is 28.5 Å². The van der Waals surface area contributed by atoms with E-state index < -0.39 is 17.8 Å². The maximum atomic E-state index is 14.7. The maximum absolute atomic E-state index is 14.7. The van der Waals surface area contributed by atoms with E-state index >= 15 is 0 Å². The highest BCUT2D eigenvalue weighted by atomic mass is 19.4. The van der Waals surface area contributed by atoms with E-state index in [0.29, 0.717) is 67.5 Å². The summed E-state index contributed by atoms with van der Waals surface area (Å²) in [6.45, 7) is 5.70. The normalized spacial score (nSPS) is 15.7. The van der Waals surface area contributed by atoms with Crippen molar-refractivity contribution in [3.05, 3.63) is 77.6 Å². The number of alkyl halides is 3. The Balaban J connectivity index is 1.42. The lowest BCUT2D eigenvalue weighted by Gasteiger charge is -2.38. The van der Waals surface area contributed by atoms with Crippen molar-refractivity contribution >= 4 is 28.7 Å². The van der Waals surface area contributed by atoms with Crippen molar-refractivity contribution in [3.8, 4) is 22.3 Å². The molecule has 4 N–H and O–H groups in total. The SMILES string of the molecule is Cc1ncc(Nc2c(CN(C)C)cc(-c3ccc(N)cc3)cc2C(F)(F)F)cc1-c1cc(N2CCOCC2)nc(N2CC(O)C2)c1. The van der Waals surface area contributed by atoms with E-state index in [4.69, 9.17) is 15.5 Å². The van der Waals surface area contributed by atoms with Gasteiger partial charge in [0.25, 0.3) is 0 Å². The van der Waals surface area contributed by atoms with Crippen molar-refractivity contribution in [2.24, 2.45) is 0 Å². The summed E-state index contributed by atoms with van der Waals surface area (Å²) in [5.74, 6) is 1.51. The average molecular weight is 634 g/mol. The second-order valence-corrected chi connectivity index (χ2v) is 12.1. The van der Waals surface area contributed by atoms with E-state index in [2.05, 4.69) is 15.2 Å². The van der Waals surface area contributed by atoms with Crippen molar-refractivity contribution in [1.29, 1.82) is 0 Å². The van der Waals surface area contributed by atoms with Gasteiger partial charge in [-0.15, -0.1) is 0 Å². The molecule has 0 atom stereocenters. The minimum atomic E-state index is -4.62. The van der Waals surface area contributed by atoms with Crippen LogP contribution in [0.4, 0.5) is 41.9 Å². The molecule has 2 aromatic carbocycles. The minimum absolute atomic E-state index is 0.0176. The van der Waals surface area contributed by atoms with Crippen LogP contribution in [0.5, 0.6) is 0 Å². The van der Waals surface area contributed by atoms with E-state index in [-0.39, 0.29) is 12.2 Å². The van der Waals surface area contributed by atoms with Crippen LogP contribution in [-0.4, -0.2) is 79.6 Å². The Morgan fingerprint density at radius 1 is 0.957 bits per heavy atom. The number of aryl methyl sites for hydroxylation is 1. The van der Waals surface area contributed by atoms with Crippen LogP contribution in [0.3, 0.4) is 0 Å². The van der Waals surface area contributed by atoms with Crippen LogP contribution in [0.1, 0.15) is 16.8 Å². The van der Waals surface area contributed by atoms with Gasteiger partial charge in [0.05, 0.1) is 42.5 Å². The van der Waals surface area contributed by atoms with E-state index in [1.54, 1.807) is 36.5 Å². The molecule has 6 rings (SSSR count). The number of ether oxygens (including phenoxy) is 1. The molecule has 0 saturated carbocycles. The largest absolute Gasteiger partial charge is 0.418 e. The summed E-state index contributed by atoms with van der Waals surface area (Å²) in [7, 11) is 3.64. The van der Waals surface area contributed by atoms with Crippen molar-refractivity contribution in [1.82, 2.24) is 14.9 Å². The number of benzene rings is 2. The number of nitrogen functional groups attached to an aromatic ring is 1. The number of morpholine rings is 1. The fourth-order valence-electron chi connectivity index (χ4n) is 5.84. The molecule has 2 aromatic heterocycles. The first kappa shape index (κ1) is 31.6. The van der Waals surface area contributed by atoms with Gasteiger partial charge < -0.3 is 35.6 Å². The second kappa shape index (κ2) is 12.8. The predicted octanol–water partition coefficient (Wildman–Crippen LogP) is 5.54. The molecular formula is C34H38F3N7O2. The zero-order valence-electron chi connectivity index (χ0n) is 26.1. The van der Waals surface area contributed by atoms with Crippen molar-refractivity contribution in [3.63, 3.8) is 0 Å². The fraction of sp³-hybridized carbons (Fsp3) is 0.353. The third kappa shape index (κ3) is 6.88. The number of aliphatic hydroxyl groups is 1. The average Bonchev–Trinajstić information content (AvgIpc) is 3.01. The first-order valence-electron chi connectivity index (χ1n) is 15.2. The Bertz CT molecular complexity index is 1700. The van der Waals surface area contributed by atoms with Gasteiger partial charge in [-0.3, -0.25) is 4.98 Å². The quantitative estimate of drug-likeness (QED) is 0.216. The lowest BCUT2D eigenvalue weighted by molar-refractivity contribution is -0.136. The molecular weight excluding hydrogens is 595 g/mol. The summed E-state index contributed by atoms with van der Waals surface area (Å²) < 4.78 is 49.7. The fourth-order valence-corrected chi connectivity index (χ4v) is 5.84. The molecule has 2 aliphatic rings. The third-order valence-corrected chi connectivity index (χ3v) is 8.24. The van der Waals surface area contributed by atoms with Gasteiger partial charge in [0.2, 0.25) is 0 Å². The summed E-state index contributed by atoms with van der Waals surface area (Å²) in [5.41, 5.74) is 9.93. The number of halogens is 3. The number of β-amino-alcohol motifs (C(OH)–C–C–N with tert-alkyl or cyclic N) is 1. The molecule has 46 heavy (non-hydrogen) atoms. The van der Waals surface area contributed by atoms with Crippen LogP contribution >= 0.6 is 0 Å². The predicted molar refractivity (Wildman–Crippen MR) is 175 cm³/mol. The maximum Gasteiger partial charge on any atom is 0.418 e. The van der Waals surface area contributed by atoms with Gasteiger partial charge in [0.1, 0.15) is 11.6 Å². The smallest absolute Gasteiger partial charge is 0.399 e. The van der Waals surface area contributed by atoms with E-state index in [9.17, 15) is 18.3 Å². The lowest BCUT2D eigenvalue weighted by atomic mass is 9.96. The molecule has 0 bridgehead atoms. The Morgan fingerprint density at radius 3 is 2.26 bits per heavy atom. The molecule has 0 aliphatic carbocycles. The zero-order chi connectivity index (χ0) is 32.6. The number of nitrogens with zero attached hydrogens (tertiary/aromatic N) is 5. The van der Waals surface area contributed by atoms with Gasteiger partial charge in [0, 0.05) is 49.7 Å². The van der Waals surface area contributed by atoms with Crippen LogP contribution in [0, 0.1) is 6.92 Å². The molecule has 2 aliphatic heterocycles. The van der Waals surface area contributed by atoms with Crippen LogP contribution in [0.2, 0.25) is 0 Å². The van der Waals surface area contributed by atoms with E-state index in [1.165, 1.54) is 6.07 Å². The molecule has 2 saturated heterocycles. The standard InChI is InChI=1S/C34H38F3N7O2/c1-21-29(24-14-31(43-8-10-46-11-9-43)41-32(15-24)44-19-28(45)20-44)16-27(17-39-21)40-33-25(18-42(2)3)12-23(13-30(33)34(35,36)37)22-4-6-26(38)7-5-22/h4-7,12-17,28,40,45H,8-11,18-20,38H2,1-3H3. The van der Waals surface area contributed by atoms with Crippen LogP contribution in [0.25, 0.3) is 22.3 Å². The van der Waals surface area contributed by atoms with Crippen LogP contribution < -0.4 is 20.9 Å². The Hall–Kier alpha value is -4.39. The highest BCUT2D eigenvalue weighted by Crippen LogP contribution is 2.42. The summed E-state index contributed by atoms with van der Waals surface area (Å²) in [6, 6.07) is 15.5.